The van der Waals surface area contributed by atoms with E-state index in [0.29, 0.717) is 24.8 Å². The van der Waals surface area contributed by atoms with Crippen LogP contribution in [0.1, 0.15) is 26.7 Å². The molecule has 1 amide bonds. The van der Waals surface area contributed by atoms with Crippen LogP contribution in [0.25, 0.3) is 0 Å². The van der Waals surface area contributed by atoms with Crippen molar-refractivity contribution >= 4 is 11.9 Å². The lowest BCUT2D eigenvalue weighted by Crippen LogP contribution is -2.42. The molecule has 0 aromatic heterocycles. The Labute approximate surface area is 148 Å². The second-order valence-corrected chi connectivity index (χ2v) is 6.05. The van der Waals surface area contributed by atoms with E-state index in [1.165, 1.54) is 12.1 Å². The number of carbonyl (C=O) groups excluding carboxylic acids is 1. The van der Waals surface area contributed by atoms with Gasteiger partial charge in [0, 0.05) is 19.6 Å². The van der Waals surface area contributed by atoms with E-state index in [2.05, 4.69) is 15.6 Å². The Hall–Kier alpha value is -2.31. The second-order valence-electron chi connectivity index (χ2n) is 6.05. The van der Waals surface area contributed by atoms with Crippen LogP contribution in [0.15, 0.2) is 29.3 Å². The molecule has 0 radical (unpaired) electrons. The number of guanidine groups is 1. The van der Waals surface area contributed by atoms with Crippen molar-refractivity contribution in [3.05, 3.63) is 30.1 Å². The maximum atomic E-state index is 12.9. The van der Waals surface area contributed by atoms with Crippen LogP contribution in [0.3, 0.4) is 0 Å². The molecule has 0 spiro atoms. The van der Waals surface area contributed by atoms with Crippen molar-refractivity contribution in [2.75, 3.05) is 32.7 Å². The highest BCUT2D eigenvalue weighted by atomic mass is 19.1. The molecule has 1 unspecified atom stereocenters. The van der Waals surface area contributed by atoms with Crippen molar-refractivity contribution in [3.8, 4) is 5.75 Å². The zero-order valence-corrected chi connectivity index (χ0v) is 14.9. The minimum Gasteiger partial charge on any atom is -0.489 e. The fourth-order valence-electron chi connectivity index (χ4n) is 2.58. The Morgan fingerprint density at radius 1 is 1.28 bits per heavy atom. The van der Waals surface area contributed by atoms with E-state index in [9.17, 15) is 9.18 Å². The zero-order valence-electron chi connectivity index (χ0n) is 14.9. The summed E-state index contributed by atoms with van der Waals surface area (Å²) in [6.07, 6.45) is 2.02. The molecule has 0 aliphatic carbocycles. The average molecular weight is 350 g/mol. The smallest absolute Gasteiger partial charge is 0.244 e. The first kappa shape index (κ1) is 19.0. The van der Waals surface area contributed by atoms with Crippen molar-refractivity contribution in [2.24, 2.45) is 4.99 Å². The van der Waals surface area contributed by atoms with Crippen molar-refractivity contribution < 1.29 is 13.9 Å². The molecule has 0 saturated carbocycles. The fraction of sp³-hybridized carbons (Fsp3) is 0.556. The number of carbonyl (C=O) groups is 1. The summed E-state index contributed by atoms with van der Waals surface area (Å²) in [6, 6.07) is 5.93. The molecule has 2 N–H and O–H groups in total. The monoisotopic (exact) mass is 350 g/mol. The first-order valence-corrected chi connectivity index (χ1v) is 8.80. The number of hydrogen-bond donors (Lipinski definition) is 2. The van der Waals surface area contributed by atoms with Crippen LogP contribution < -0.4 is 15.4 Å². The molecule has 2 rings (SSSR count). The van der Waals surface area contributed by atoms with Gasteiger partial charge in [-0.1, -0.05) is 0 Å². The number of ether oxygens (including phenoxy) is 1. The Bertz CT molecular complexity index is 571. The third-order valence-corrected chi connectivity index (χ3v) is 3.88. The Morgan fingerprint density at radius 2 is 1.96 bits per heavy atom. The molecule has 1 fully saturated rings. The van der Waals surface area contributed by atoms with Gasteiger partial charge in [0.05, 0.1) is 6.54 Å². The molecule has 1 aromatic rings. The van der Waals surface area contributed by atoms with Gasteiger partial charge < -0.3 is 20.3 Å². The lowest BCUT2D eigenvalue weighted by atomic mass is 10.3. The number of nitrogens with one attached hydrogen (secondary N) is 2. The number of amides is 1. The molecule has 1 saturated heterocycles. The maximum absolute atomic E-state index is 12.9. The molecule has 1 heterocycles. The molecule has 138 valence electrons. The first-order chi connectivity index (χ1) is 12.1. The van der Waals surface area contributed by atoms with Gasteiger partial charge in [-0.05, 0) is 51.0 Å². The van der Waals surface area contributed by atoms with Crippen molar-refractivity contribution in [3.63, 3.8) is 0 Å². The van der Waals surface area contributed by atoms with Crippen LogP contribution >= 0.6 is 0 Å². The largest absolute Gasteiger partial charge is 0.489 e. The number of aliphatic imine (C=N–C) groups is 1. The van der Waals surface area contributed by atoms with Gasteiger partial charge in [0.25, 0.3) is 0 Å². The van der Waals surface area contributed by atoms with Crippen molar-refractivity contribution in [1.82, 2.24) is 15.5 Å². The lowest BCUT2D eigenvalue weighted by molar-refractivity contribution is -0.128. The molecule has 1 aliphatic heterocycles. The van der Waals surface area contributed by atoms with Crippen molar-refractivity contribution in [1.29, 1.82) is 0 Å². The number of rotatable bonds is 7. The van der Waals surface area contributed by atoms with Gasteiger partial charge in [0.1, 0.15) is 24.2 Å². The normalized spacial score (nSPS) is 15.8. The Morgan fingerprint density at radius 3 is 2.60 bits per heavy atom. The average Bonchev–Trinajstić information content (AvgIpc) is 3.14. The molecule has 1 atom stereocenters. The van der Waals surface area contributed by atoms with Gasteiger partial charge in [0.2, 0.25) is 5.91 Å². The Balaban J connectivity index is 1.79. The molecule has 0 bridgehead atoms. The molecule has 6 nitrogen and oxygen atoms in total. The van der Waals surface area contributed by atoms with E-state index >= 15 is 0 Å². The van der Waals surface area contributed by atoms with E-state index in [-0.39, 0.29) is 24.4 Å². The van der Waals surface area contributed by atoms with E-state index in [4.69, 9.17) is 4.74 Å². The van der Waals surface area contributed by atoms with Crippen LogP contribution in [0, 0.1) is 5.82 Å². The summed E-state index contributed by atoms with van der Waals surface area (Å²) in [4.78, 5) is 18.3. The summed E-state index contributed by atoms with van der Waals surface area (Å²) in [5.41, 5.74) is 0. The minimum atomic E-state index is -0.289. The maximum Gasteiger partial charge on any atom is 0.244 e. The van der Waals surface area contributed by atoms with Crippen LogP contribution in [0.2, 0.25) is 0 Å². The fourth-order valence-corrected chi connectivity index (χ4v) is 2.58. The van der Waals surface area contributed by atoms with E-state index in [1.54, 1.807) is 12.1 Å². The van der Waals surface area contributed by atoms with Gasteiger partial charge >= 0.3 is 0 Å². The zero-order chi connectivity index (χ0) is 18.1. The number of nitrogens with zero attached hydrogens (tertiary/aromatic N) is 2. The molecule has 1 aliphatic rings. The molecular formula is C18H27FN4O2. The predicted molar refractivity (Wildman–Crippen MR) is 96.3 cm³/mol. The standard InChI is InChI=1S/C18H27FN4O2/c1-3-20-18(22-13-17(24)23-10-4-5-11-23)21-12-14(2)25-16-8-6-15(19)7-9-16/h6-9,14H,3-5,10-13H2,1-2H3,(H2,20,21,22). The summed E-state index contributed by atoms with van der Waals surface area (Å²) < 4.78 is 18.6. The van der Waals surface area contributed by atoms with Crippen LogP contribution in [0.4, 0.5) is 4.39 Å². The quantitative estimate of drug-likeness (QED) is 0.581. The van der Waals surface area contributed by atoms with Gasteiger partial charge in [-0.3, -0.25) is 4.79 Å². The number of likely N-dealkylation sites (tertiary alicyclic amines) is 1. The SMILES string of the molecule is CCNC(=NCC(=O)N1CCCC1)NCC(C)Oc1ccc(F)cc1. The highest BCUT2D eigenvalue weighted by Gasteiger charge is 2.17. The van der Waals surface area contributed by atoms with Gasteiger partial charge in [-0.25, -0.2) is 9.38 Å². The second kappa shape index (κ2) is 9.86. The highest BCUT2D eigenvalue weighted by Crippen LogP contribution is 2.12. The summed E-state index contributed by atoms with van der Waals surface area (Å²) >= 11 is 0. The summed E-state index contributed by atoms with van der Waals surface area (Å²) in [6.45, 7) is 6.91. The number of benzene rings is 1. The van der Waals surface area contributed by atoms with Gasteiger partial charge in [-0.2, -0.15) is 0 Å². The van der Waals surface area contributed by atoms with Crippen LogP contribution in [0.5, 0.6) is 5.75 Å². The Kier molecular flexibility index (Phi) is 7.50. The minimum absolute atomic E-state index is 0.0605. The highest BCUT2D eigenvalue weighted by molar-refractivity contribution is 5.85. The number of halogens is 1. The van der Waals surface area contributed by atoms with Crippen molar-refractivity contribution in [2.45, 2.75) is 32.8 Å². The first-order valence-electron chi connectivity index (χ1n) is 8.80. The molecular weight excluding hydrogens is 323 g/mol. The van der Waals surface area contributed by atoms with Gasteiger partial charge in [-0.15, -0.1) is 0 Å². The molecule has 1 aromatic carbocycles. The third-order valence-electron chi connectivity index (χ3n) is 3.88. The van der Waals surface area contributed by atoms with E-state index < -0.39 is 0 Å². The molecule has 25 heavy (non-hydrogen) atoms. The van der Waals surface area contributed by atoms with Crippen LogP contribution in [-0.2, 0) is 4.79 Å². The predicted octanol–water partition coefficient (Wildman–Crippen LogP) is 1.77. The molecule has 7 heteroatoms. The number of hydrogen-bond acceptors (Lipinski definition) is 3. The third kappa shape index (κ3) is 6.60. The van der Waals surface area contributed by atoms with Crippen LogP contribution in [-0.4, -0.2) is 55.6 Å². The van der Waals surface area contributed by atoms with E-state index in [1.807, 2.05) is 18.7 Å². The topological polar surface area (TPSA) is 66.0 Å². The van der Waals surface area contributed by atoms with Gasteiger partial charge in [0.15, 0.2) is 5.96 Å². The van der Waals surface area contributed by atoms with E-state index in [0.717, 1.165) is 25.9 Å². The lowest BCUT2D eigenvalue weighted by Gasteiger charge is -2.18. The summed E-state index contributed by atoms with van der Waals surface area (Å²) in [5.74, 6) is 0.971. The summed E-state index contributed by atoms with van der Waals surface area (Å²) in [7, 11) is 0. The summed E-state index contributed by atoms with van der Waals surface area (Å²) in [5, 5.41) is 6.29.